The molecule has 0 bridgehead atoms. The van der Waals surface area contributed by atoms with Crippen LogP contribution in [-0.4, -0.2) is 23.1 Å². The van der Waals surface area contributed by atoms with E-state index in [4.69, 9.17) is 16.3 Å². The van der Waals surface area contributed by atoms with Crippen molar-refractivity contribution in [2.24, 2.45) is 0 Å². The Labute approximate surface area is 121 Å². The maximum absolute atomic E-state index is 12.0. The van der Waals surface area contributed by atoms with E-state index < -0.39 is 0 Å². The lowest BCUT2D eigenvalue weighted by Gasteiger charge is -2.09. The molecule has 5 nitrogen and oxygen atoms in total. The molecule has 0 aliphatic heterocycles. The summed E-state index contributed by atoms with van der Waals surface area (Å²) in [6.45, 7) is 0.286. The molecule has 1 heterocycles. The summed E-state index contributed by atoms with van der Waals surface area (Å²) in [5.74, 6) is 0.117. The Morgan fingerprint density at radius 2 is 2.25 bits per heavy atom. The first-order valence-corrected chi connectivity index (χ1v) is 6.24. The second kappa shape index (κ2) is 6.25. The molecule has 1 aromatic heterocycles. The molecule has 0 fully saturated rings. The normalized spacial score (nSPS) is 10.1. The van der Waals surface area contributed by atoms with E-state index in [-0.39, 0.29) is 23.2 Å². The monoisotopic (exact) mass is 292 g/mol. The van der Waals surface area contributed by atoms with Gasteiger partial charge in [-0.25, -0.2) is 4.98 Å². The number of phenolic OH excluding ortho intramolecular Hbond substituents is 1. The van der Waals surface area contributed by atoms with Crippen molar-refractivity contribution in [2.75, 3.05) is 7.11 Å². The lowest BCUT2D eigenvalue weighted by Crippen LogP contribution is -2.23. The SMILES string of the molecule is COc1ncccc1CNC(=O)c1ccc(O)c(Cl)c1. The fourth-order valence-electron chi connectivity index (χ4n) is 1.67. The Hall–Kier alpha value is -2.27. The molecule has 0 radical (unpaired) electrons. The zero-order chi connectivity index (χ0) is 14.5. The zero-order valence-electron chi connectivity index (χ0n) is 10.8. The molecule has 20 heavy (non-hydrogen) atoms. The number of nitrogens with one attached hydrogen (secondary N) is 1. The van der Waals surface area contributed by atoms with Crippen molar-refractivity contribution in [2.45, 2.75) is 6.54 Å². The molecule has 0 atom stereocenters. The number of methoxy groups -OCH3 is 1. The third-order valence-corrected chi connectivity index (χ3v) is 3.00. The molecule has 0 unspecified atom stereocenters. The summed E-state index contributed by atoms with van der Waals surface area (Å²) >= 11 is 5.76. The molecule has 6 heteroatoms. The fourth-order valence-corrected chi connectivity index (χ4v) is 1.85. The van der Waals surface area contributed by atoms with Crippen LogP contribution >= 0.6 is 11.6 Å². The first-order chi connectivity index (χ1) is 9.61. The number of phenols is 1. The summed E-state index contributed by atoms with van der Waals surface area (Å²) in [7, 11) is 1.52. The number of rotatable bonds is 4. The Kier molecular flexibility index (Phi) is 4.42. The zero-order valence-corrected chi connectivity index (χ0v) is 11.5. The van der Waals surface area contributed by atoms with Gasteiger partial charge >= 0.3 is 0 Å². The summed E-state index contributed by atoms with van der Waals surface area (Å²) in [6.07, 6.45) is 1.61. The van der Waals surface area contributed by atoms with Gasteiger partial charge in [0.25, 0.3) is 5.91 Å². The molecule has 0 aliphatic carbocycles. The van der Waals surface area contributed by atoms with Gasteiger partial charge in [0.15, 0.2) is 0 Å². The summed E-state index contributed by atoms with van der Waals surface area (Å²) in [5, 5.41) is 12.2. The van der Waals surface area contributed by atoms with Crippen LogP contribution in [0.2, 0.25) is 5.02 Å². The number of hydrogen-bond donors (Lipinski definition) is 2. The average Bonchev–Trinajstić information content (AvgIpc) is 2.47. The van der Waals surface area contributed by atoms with Crippen LogP contribution in [0.25, 0.3) is 0 Å². The third kappa shape index (κ3) is 3.19. The highest BCUT2D eigenvalue weighted by molar-refractivity contribution is 6.32. The van der Waals surface area contributed by atoms with E-state index in [0.717, 1.165) is 5.56 Å². The summed E-state index contributed by atoms with van der Waals surface area (Å²) < 4.78 is 5.10. The molecule has 1 amide bonds. The molecule has 0 spiro atoms. The highest BCUT2D eigenvalue weighted by atomic mass is 35.5. The largest absolute Gasteiger partial charge is 0.506 e. The van der Waals surface area contributed by atoms with E-state index in [1.54, 1.807) is 12.3 Å². The van der Waals surface area contributed by atoms with Gasteiger partial charge in [0.1, 0.15) is 5.75 Å². The van der Waals surface area contributed by atoms with Gasteiger partial charge in [0, 0.05) is 23.9 Å². The van der Waals surface area contributed by atoms with Crippen LogP contribution in [0.5, 0.6) is 11.6 Å². The van der Waals surface area contributed by atoms with Crippen LogP contribution in [-0.2, 0) is 6.54 Å². The summed E-state index contributed by atoms with van der Waals surface area (Å²) in [5.41, 5.74) is 1.14. The number of aromatic nitrogens is 1. The lowest BCUT2D eigenvalue weighted by atomic mass is 10.2. The number of halogens is 1. The van der Waals surface area contributed by atoms with E-state index in [9.17, 15) is 9.90 Å². The number of hydrogen-bond acceptors (Lipinski definition) is 4. The van der Waals surface area contributed by atoms with E-state index in [1.807, 2.05) is 6.07 Å². The molecule has 2 aromatic rings. The second-order valence-corrected chi connectivity index (χ2v) is 4.43. The Morgan fingerprint density at radius 1 is 1.45 bits per heavy atom. The maximum atomic E-state index is 12.0. The van der Waals surface area contributed by atoms with E-state index in [0.29, 0.717) is 11.4 Å². The minimum absolute atomic E-state index is 0.0582. The number of aromatic hydroxyl groups is 1. The number of carbonyl (C=O) groups is 1. The van der Waals surface area contributed by atoms with Crippen molar-refractivity contribution in [1.82, 2.24) is 10.3 Å². The lowest BCUT2D eigenvalue weighted by molar-refractivity contribution is 0.0950. The van der Waals surface area contributed by atoms with Crippen molar-refractivity contribution < 1.29 is 14.6 Å². The first kappa shape index (κ1) is 14.1. The Balaban J connectivity index is 2.06. The quantitative estimate of drug-likeness (QED) is 0.907. The third-order valence-electron chi connectivity index (χ3n) is 2.69. The predicted octanol–water partition coefficient (Wildman–Crippen LogP) is 2.38. The Bertz CT molecular complexity index is 632. The molecular formula is C14H13ClN2O3. The molecule has 2 N–H and O–H groups in total. The van der Waals surface area contributed by atoms with Crippen molar-refractivity contribution in [3.63, 3.8) is 0 Å². The highest BCUT2D eigenvalue weighted by Crippen LogP contribution is 2.23. The van der Waals surface area contributed by atoms with Gasteiger partial charge < -0.3 is 15.2 Å². The van der Waals surface area contributed by atoms with Crippen molar-refractivity contribution >= 4 is 17.5 Å². The molecule has 0 aliphatic rings. The van der Waals surface area contributed by atoms with Gasteiger partial charge in [-0.2, -0.15) is 0 Å². The van der Waals surface area contributed by atoms with Gasteiger partial charge in [0.2, 0.25) is 5.88 Å². The molecule has 0 saturated heterocycles. The van der Waals surface area contributed by atoms with Crippen LogP contribution in [0, 0.1) is 0 Å². The minimum Gasteiger partial charge on any atom is -0.506 e. The molecule has 104 valence electrons. The van der Waals surface area contributed by atoms with Crippen LogP contribution < -0.4 is 10.1 Å². The number of benzene rings is 1. The van der Waals surface area contributed by atoms with Crippen molar-refractivity contribution in [3.8, 4) is 11.6 Å². The van der Waals surface area contributed by atoms with Gasteiger partial charge in [-0.3, -0.25) is 4.79 Å². The van der Waals surface area contributed by atoms with Crippen LogP contribution in [0.15, 0.2) is 36.5 Å². The van der Waals surface area contributed by atoms with E-state index in [1.165, 1.54) is 25.3 Å². The van der Waals surface area contributed by atoms with Crippen LogP contribution in [0.1, 0.15) is 15.9 Å². The minimum atomic E-state index is -0.294. The number of ether oxygens (including phenoxy) is 1. The van der Waals surface area contributed by atoms with Gasteiger partial charge in [-0.15, -0.1) is 0 Å². The highest BCUT2D eigenvalue weighted by Gasteiger charge is 2.10. The fraction of sp³-hybridized carbons (Fsp3) is 0.143. The Morgan fingerprint density at radius 3 is 2.95 bits per heavy atom. The van der Waals surface area contributed by atoms with Crippen molar-refractivity contribution in [1.29, 1.82) is 0 Å². The number of amides is 1. The van der Waals surface area contributed by atoms with E-state index in [2.05, 4.69) is 10.3 Å². The second-order valence-electron chi connectivity index (χ2n) is 4.02. The molecule has 2 rings (SSSR count). The van der Waals surface area contributed by atoms with Gasteiger partial charge in [-0.05, 0) is 24.3 Å². The predicted molar refractivity (Wildman–Crippen MR) is 75.1 cm³/mol. The molecule has 1 aromatic carbocycles. The van der Waals surface area contributed by atoms with Crippen molar-refractivity contribution in [3.05, 3.63) is 52.7 Å². The molecular weight excluding hydrogens is 280 g/mol. The summed E-state index contributed by atoms with van der Waals surface area (Å²) in [4.78, 5) is 16.0. The number of nitrogens with zero attached hydrogens (tertiary/aromatic N) is 1. The van der Waals surface area contributed by atoms with E-state index >= 15 is 0 Å². The number of pyridine rings is 1. The maximum Gasteiger partial charge on any atom is 0.251 e. The smallest absolute Gasteiger partial charge is 0.251 e. The topological polar surface area (TPSA) is 71.5 Å². The standard InChI is InChI=1S/C14H13ClN2O3/c1-20-14-10(3-2-6-16-14)8-17-13(19)9-4-5-12(18)11(15)7-9/h2-7,18H,8H2,1H3,(H,17,19). The van der Waals surface area contributed by atoms with Crippen LogP contribution in [0.4, 0.5) is 0 Å². The van der Waals surface area contributed by atoms with Crippen LogP contribution in [0.3, 0.4) is 0 Å². The van der Waals surface area contributed by atoms with Gasteiger partial charge in [0.05, 0.1) is 12.1 Å². The van der Waals surface area contributed by atoms with Gasteiger partial charge in [-0.1, -0.05) is 17.7 Å². The number of carbonyl (C=O) groups excluding carboxylic acids is 1. The molecule has 0 saturated carbocycles. The average molecular weight is 293 g/mol. The first-order valence-electron chi connectivity index (χ1n) is 5.86. The summed E-state index contributed by atoms with van der Waals surface area (Å²) in [6, 6.07) is 7.86.